The first kappa shape index (κ1) is 13.5. The van der Waals surface area contributed by atoms with Crippen LogP contribution < -0.4 is 0 Å². The maximum absolute atomic E-state index is 12.4. The van der Waals surface area contributed by atoms with E-state index >= 15 is 0 Å². The average Bonchev–Trinajstić information content (AvgIpc) is 2.72. The average molecular weight is 269 g/mol. The zero-order valence-electron chi connectivity index (χ0n) is 12.9. The highest BCUT2D eigenvalue weighted by Crippen LogP contribution is 2.64. The number of hydrogen-bond donors (Lipinski definition) is 0. The van der Waals surface area contributed by atoms with Crippen molar-refractivity contribution in [2.75, 3.05) is 0 Å². The molecule has 3 rings (SSSR count). The number of carbonyl (C=O) groups is 1. The fraction of sp³-hybridized carbons (Fsp3) is 0.556. The standard InChI is InChI=1S/C18H23NO/c1-12-5-7-13(8-6-12)16(20)19-15-11-14-9-10-18(15,4)17(14,2)3/h5-8,14H,9-11H2,1-4H3/t14-,18-/m1/s1. The van der Waals surface area contributed by atoms with Crippen molar-refractivity contribution in [2.24, 2.45) is 21.7 Å². The normalized spacial score (nSPS) is 32.8. The van der Waals surface area contributed by atoms with Gasteiger partial charge in [-0.15, -0.1) is 0 Å². The van der Waals surface area contributed by atoms with E-state index in [1.807, 2.05) is 31.2 Å². The Morgan fingerprint density at radius 3 is 2.35 bits per heavy atom. The van der Waals surface area contributed by atoms with Gasteiger partial charge in [-0.2, -0.15) is 0 Å². The second kappa shape index (κ2) is 4.28. The van der Waals surface area contributed by atoms with Crippen molar-refractivity contribution in [1.82, 2.24) is 0 Å². The summed E-state index contributed by atoms with van der Waals surface area (Å²) in [5.74, 6) is 0.613. The van der Waals surface area contributed by atoms with Crippen molar-refractivity contribution in [1.29, 1.82) is 0 Å². The van der Waals surface area contributed by atoms with Crippen LogP contribution in [0.15, 0.2) is 29.3 Å². The van der Waals surface area contributed by atoms with Crippen LogP contribution in [-0.2, 0) is 0 Å². The molecular formula is C18H23NO. The third-order valence-corrected chi connectivity index (χ3v) is 6.05. The maximum atomic E-state index is 12.4. The van der Waals surface area contributed by atoms with Crippen LogP contribution >= 0.6 is 0 Å². The van der Waals surface area contributed by atoms with E-state index in [1.54, 1.807) is 0 Å². The van der Waals surface area contributed by atoms with Crippen molar-refractivity contribution in [2.45, 2.75) is 47.0 Å². The molecule has 0 saturated heterocycles. The zero-order valence-corrected chi connectivity index (χ0v) is 12.9. The number of amides is 1. The Balaban J connectivity index is 1.91. The SMILES string of the molecule is Cc1ccc(C(=O)N=C2C[C@H]3CC[C@@]2(C)C3(C)C)cc1. The molecule has 20 heavy (non-hydrogen) atoms. The predicted octanol–water partition coefficient (Wildman–Crippen LogP) is 4.42. The molecule has 2 nitrogen and oxygen atoms in total. The number of rotatable bonds is 1. The van der Waals surface area contributed by atoms with Gasteiger partial charge < -0.3 is 0 Å². The maximum Gasteiger partial charge on any atom is 0.276 e. The lowest BCUT2D eigenvalue weighted by molar-refractivity contribution is 0.100. The zero-order chi connectivity index (χ0) is 14.5. The van der Waals surface area contributed by atoms with E-state index in [1.165, 1.54) is 18.4 Å². The molecule has 0 radical (unpaired) electrons. The predicted molar refractivity (Wildman–Crippen MR) is 82.2 cm³/mol. The lowest BCUT2D eigenvalue weighted by atomic mass is 9.70. The van der Waals surface area contributed by atoms with E-state index in [4.69, 9.17) is 0 Å². The first-order chi connectivity index (χ1) is 9.34. The second-order valence-corrected chi connectivity index (χ2v) is 7.22. The number of aryl methyl sites for hydroxylation is 1. The Kier molecular flexibility index (Phi) is 2.89. The van der Waals surface area contributed by atoms with Gasteiger partial charge in [0.1, 0.15) is 0 Å². The monoisotopic (exact) mass is 269 g/mol. The van der Waals surface area contributed by atoms with Gasteiger partial charge >= 0.3 is 0 Å². The molecule has 2 saturated carbocycles. The molecular weight excluding hydrogens is 246 g/mol. The van der Waals surface area contributed by atoms with Crippen LogP contribution in [0, 0.1) is 23.7 Å². The van der Waals surface area contributed by atoms with Crippen LogP contribution in [0.2, 0.25) is 0 Å². The second-order valence-electron chi connectivity index (χ2n) is 7.22. The fourth-order valence-corrected chi connectivity index (χ4v) is 3.98. The van der Waals surface area contributed by atoms with Crippen molar-refractivity contribution in [3.63, 3.8) is 0 Å². The van der Waals surface area contributed by atoms with E-state index in [0.29, 0.717) is 11.5 Å². The van der Waals surface area contributed by atoms with Gasteiger partial charge in [-0.25, -0.2) is 4.99 Å². The minimum absolute atomic E-state index is 0.0791. The number of benzene rings is 1. The summed E-state index contributed by atoms with van der Waals surface area (Å²) >= 11 is 0. The summed E-state index contributed by atoms with van der Waals surface area (Å²) in [6.07, 6.45) is 3.45. The van der Waals surface area contributed by atoms with Gasteiger partial charge in [0.25, 0.3) is 5.91 Å². The summed E-state index contributed by atoms with van der Waals surface area (Å²) in [5, 5.41) is 0. The molecule has 1 aromatic rings. The number of fused-ring (bicyclic) bond motifs is 2. The number of aliphatic imine (C=N–C) groups is 1. The van der Waals surface area contributed by atoms with Crippen molar-refractivity contribution in [3.8, 4) is 0 Å². The van der Waals surface area contributed by atoms with Crippen molar-refractivity contribution >= 4 is 11.6 Å². The Bertz CT molecular complexity index is 582. The number of nitrogens with zero attached hydrogens (tertiary/aromatic N) is 1. The van der Waals surface area contributed by atoms with E-state index in [9.17, 15) is 4.79 Å². The Hall–Kier alpha value is -1.44. The molecule has 106 valence electrons. The molecule has 0 aromatic heterocycles. The van der Waals surface area contributed by atoms with Gasteiger partial charge in [0.05, 0.1) is 0 Å². The molecule has 2 aliphatic rings. The molecule has 0 spiro atoms. The van der Waals surface area contributed by atoms with E-state index in [-0.39, 0.29) is 16.7 Å². The van der Waals surface area contributed by atoms with E-state index in [0.717, 1.165) is 12.1 Å². The van der Waals surface area contributed by atoms with Gasteiger partial charge in [0, 0.05) is 16.7 Å². The molecule has 0 unspecified atom stereocenters. The Morgan fingerprint density at radius 2 is 1.85 bits per heavy atom. The largest absolute Gasteiger partial charge is 0.276 e. The summed E-state index contributed by atoms with van der Waals surface area (Å²) in [6.45, 7) is 8.99. The van der Waals surface area contributed by atoms with Crippen LogP contribution in [0.4, 0.5) is 0 Å². The number of carbonyl (C=O) groups excluding carboxylic acids is 1. The smallest absolute Gasteiger partial charge is 0.267 e. The van der Waals surface area contributed by atoms with Crippen molar-refractivity contribution < 1.29 is 4.79 Å². The molecule has 2 fully saturated rings. The summed E-state index contributed by atoms with van der Waals surface area (Å²) < 4.78 is 0. The Labute approximate surface area is 121 Å². The highest BCUT2D eigenvalue weighted by atomic mass is 16.1. The van der Waals surface area contributed by atoms with Crippen LogP contribution in [0.1, 0.15) is 56.0 Å². The fourth-order valence-electron chi connectivity index (χ4n) is 3.98. The summed E-state index contributed by atoms with van der Waals surface area (Å²) in [6, 6.07) is 7.70. The first-order valence-electron chi connectivity index (χ1n) is 7.53. The highest BCUT2D eigenvalue weighted by Gasteiger charge is 2.59. The molecule has 2 heteroatoms. The molecule has 0 aliphatic heterocycles. The van der Waals surface area contributed by atoms with Gasteiger partial charge in [0.2, 0.25) is 0 Å². The molecule has 0 heterocycles. The minimum atomic E-state index is -0.0791. The quantitative estimate of drug-likeness (QED) is 0.742. The third kappa shape index (κ3) is 1.77. The van der Waals surface area contributed by atoms with Gasteiger partial charge in [-0.1, -0.05) is 38.5 Å². The summed E-state index contributed by atoms with van der Waals surface area (Å²) in [7, 11) is 0. The molecule has 2 atom stereocenters. The number of hydrogen-bond acceptors (Lipinski definition) is 1. The van der Waals surface area contributed by atoms with E-state index < -0.39 is 0 Å². The van der Waals surface area contributed by atoms with Crippen LogP contribution in [0.5, 0.6) is 0 Å². The summed E-state index contributed by atoms with van der Waals surface area (Å²) in [5.41, 5.74) is 3.39. The molecule has 1 aromatic carbocycles. The van der Waals surface area contributed by atoms with E-state index in [2.05, 4.69) is 25.8 Å². The molecule has 2 bridgehead atoms. The first-order valence-corrected chi connectivity index (χ1v) is 7.53. The third-order valence-electron chi connectivity index (χ3n) is 6.05. The van der Waals surface area contributed by atoms with Gasteiger partial charge in [-0.05, 0) is 49.7 Å². The van der Waals surface area contributed by atoms with Crippen LogP contribution in [-0.4, -0.2) is 11.6 Å². The topological polar surface area (TPSA) is 29.4 Å². The van der Waals surface area contributed by atoms with Crippen LogP contribution in [0.25, 0.3) is 0 Å². The molecule has 2 aliphatic carbocycles. The highest BCUT2D eigenvalue weighted by molar-refractivity contribution is 6.07. The van der Waals surface area contributed by atoms with Gasteiger partial charge in [-0.3, -0.25) is 4.79 Å². The molecule has 0 N–H and O–H groups in total. The van der Waals surface area contributed by atoms with Crippen molar-refractivity contribution in [3.05, 3.63) is 35.4 Å². The molecule has 1 amide bonds. The lowest BCUT2D eigenvalue weighted by Gasteiger charge is -2.34. The van der Waals surface area contributed by atoms with Crippen LogP contribution in [0.3, 0.4) is 0 Å². The lowest BCUT2D eigenvalue weighted by Crippen LogP contribution is -2.33. The van der Waals surface area contributed by atoms with Gasteiger partial charge in [0.15, 0.2) is 0 Å². The Morgan fingerprint density at radius 1 is 1.20 bits per heavy atom. The minimum Gasteiger partial charge on any atom is -0.267 e. The summed E-state index contributed by atoms with van der Waals surface area (Å²) in [4.78, 5) is 16.9.